The second-order valence-corrected chi connectivity index (χ2v) is 3.81. The van der Waals surface area contributed by atoms with E-state index in [-0.39, 0.29) is 0 Å². The Hall–Kier alpha value is -2.12. The maximum absolute atomic E-state index is 12.8. The average Bonchev–Trinajstić information content (AvgIpc) is 2.79. The van der Waals surface area contributed by atoms with Crippen molar-refractivity contribution in [3.05, 3.63) is 53.9 Å². The summed E-state index contributed by atoms with van der Waals surface area (Å²) in [6, 6.07) is 4.57. The van der Waals surface area contributed by atoms with E-state index in [1.165, 1.54) is 24.5 Å². The van der Waals surface area contributed by atoms with E-state index >= 15 is 0 Å². The van der Waals surface area contributed by atoms with Crippen LogP contribution in [0.2, 0.25) is 0 Å². The summed E-state index contributed by atoms with van der Waals surface area (Å²) >= 11 is 0. The molecule has 20 heavy (non-hydrogen) atoms. The summed E-state index contributed by atoms with van der Waals surface area (Å²) in [4.78, 5) is 4.71. The predicted molar refractivity (Wildman–Crippen MR) is 56.9 cm³/mol. The Kier molecular flexibility index (Phi) is 3.41. The highest BCUT2D eigenvalue weighted by Gasteiger charge is 2.42. The Morgan fingerprint density at radius 2 is 1.20 bits per heavy atom. The highest BCUT2D eigenvalue weighted by Crippen LogP contribution is 2.44. The molecule has 1 aromatic carbocycles. The molecule has 1 heterocycles. The normalized spacial score (nSPS) is 12.5. The molecule has 2 nitrogen and oxygen atoms in total. The minimum atomic E-state index is -4.95. The van der Waals surface area contributed by atoms with E-state index in [9.17, 15) is 26.3 Å². The molecule has 0 N–H and O–H groups in total. The first-order chi connectivity index (χ1) is 9.19. The van der Waals surface area contributed by atoms with Crippen LogP contribution in [0.15, 0.2) is 42.7 Å². The fraction of sp³-hybridized carbons (Fsp3) is 0.167. The molecule has 2 rings (SSSR count). The maximum atomic E-state index is 12.8. The Balaban J connectivity index is 2.59. The second kappa shape index (κ2) is 4.77. The van der Waals surface area contributed by atoms with Crippen molar-refractivity contribution < 1.29 is 31.2 Å². The maximum Gasteiger partial charge on any atom is 0.420 e. The number of halogens is 6. The number of nitrogens with zero attached hydrogens (tertiary/aromatic N) is 1. The van der Waals surface area contributed by atoms with Crippen LogP contribution in [-0.2, 0) is 12.4 Å². The minimum Gasteiger partial charge on any atom is -0.375 e. The topological polar surface area (TPSA) is 14.2 Å². The predicted octanol–water partition coefficient (Wildman–Crippen LogP) is 4.37. The van der Waals surface area contributed by atoms with Crippen molar-refractivity contribution in [2.75, 3.05) is 0 Å². The molecule has 0 fully saturated rings. The van der Waals surface area contributed by atoms with Gasteiger partial charge in [0.1, 0.15) is 11.1 Å². The Morgan fingerprint density at radius 3 is 1.60 bits per heavy atom. The summed E-state index contributed by atoms with van der Waals surface area (Å²) < 4.78 is 77.5. The number of para-hydroxylation sites is 1. The highest BCUT2D eigenvalue weighted by atomic mass is 19.4. The number of hydrogen-bond donors (Lipinski definition) is 0. The third kappa shape index (κ3) is 2.89. The zero-order valence-corrected chi connectivity index (χ0v) is 9.66. The summed E-state index contributed by atoms with van der Waals surface area (Å²) in [5, 5.41) is 0. The number of benzene rings is 1. The average molecular weight is 295 g/mol. The van der Waals surface area contributed by atoms with Crippen molar-refractivity contribution in [1.29, 1.82) is 0 Å². The van der Waals surface area contributed by atoms with Crippen LogP contribution in [-0.4, -0.2) is 4.73 Å². The van der Waals surface area contributed by atoms with E-state index in [4.69, 9.17) is 4.84 Å². The highest BCUT2D eigenvalue weighted by molar-refractivity contribution is 5.44. The number of aromatic nitrogens is 1. The first-order valence-electron chi connectivity index (χ1n) is 5.28. The summed E-state index contributed by atoms with van der Waals surface area (Å²) in [7, 11) is 0. The van der Waals surface area contributed by atoms with Gasteiger partial charge in [-0.25, -0.2) is 0 Å². The lowest BCUT2D eigenvalue weighted by Gasteiger charge is -2.18. The number of alkyl halides is 6. The van der Waals surface area contributed by atoms with Crippen LogP contribution >= 0.6 is 0 Å². The van der Waals surface area contributed by atoms with Gasteiger partial charge >= 0.3 is 12.4 Å². The lowest BCUT2D eigenvalue weighted by Crippen LogP contribution is -2.16. The van der Waals surface area contributed by atoms with Gasteiger partial charge in [0.05, 0.1) is 0 Å². The van der Waals surface area contributed by atoms with Gasteiger partial charge in [-0.2, -0.15) is 31.1 Å². The van der Waals surface area contributed by atoms with Gasteiger partial charge in [0.25, 0.3) is 0 Å². The molecule has 0 radical (unpaired) electrons. The molecule has 2 aromatic rings. The molecule has 0 spiro atoms. The van der Waals surface area contributed by atoms with Crippen molar-refractivity contribution in [2.24, 2.45) is 0 Å². The standard InChI is InChI=1S/C12H7F6NO/c13-11(14,15)8-4-3-5-9(12(16,17)18)10(8)20-19-6-1-2-7-19/h1-7H. The lowest BCUT2D eigenvalue weighted by molar-refractivity contribution is -0.146. The Morgan fingerprint density at radius 1 is 0.750 bits per heavy atom. The molecule has 0 amide bonds. The second-order valence-electron chi connectivity index (χ2n) is 3.81. The van der Waals surface area contributed by atoms with Gasteiger partial charge in [-0.05, 0) is 24.3 Å². The van der Waals surface area contributed by atoms with Gasteiger partial charge in [-0.15, -0.1) is 0 Å². The Labute approximate surface area is 109 Å². The zero-order valence-electron chi connectivity index (χ0n) is 9.66. The van der Waals surface area contributed by atoms with Crippen LogP contribution in [0.5, 0.6) is 5.75 Å². The van der Waals surface area contributed by atoms with E-state index in [2.05, 4.69) is 0 Å². The van der Waals surface area contributed by atoms with Crippen molar-refractivity contribution in [3.63, 3.8) is 0 Å². The van der Waals surface area contributed by atoms with Gasteiger partial charge in [0, 0.05) is 12.4 Å². The molecule has 108 valence electrons. The van der Waals surface area contributed by atoms with E-state index in [1.54, 1.807) is 0 Å². The molecule has 0 atom stereocenters. The summed E-state index contributed by atoms with van der Waals surface area (Å²) in [6.45, 7) is 0. The van der Waals surface area contributed by atoms with E-state index in [1.807, 2.05) is 0 Å². The summed E-state index contributed by atoms with van der Waals surface area (Å²) in [6.07, 6.45) is -7.53. The quantitative estimate of drug-likeness (QED) is 0.750. The molecule has 1 aromatic heterocycles. The third-order valence-corrected chi connectivity index (χ3v) is 2.40. The lowest BCUT2D eigenvalue weighted by atomic mass is 10.1. The fourth-order valence-electron chi connectivity index (χ4n) is 1.57. The Bertz CT molecular complexity index is 553. The molecule has 0 aliphatic rings. The van der Waals surface area contributed by atoms with Gasteiger partial charge in [0.15, 0.2) is 5.75 Å². The summed E-state index contributed by atoms with van der Waals surface area (Å²) in [5.41, 5.74) is -2.97. The van der Waals surface area contributed by atoms with Gasteiger partial charge in [-0.1, -0.05) is 6.07 Å². The van der Waals surface area contributed by atoms with Crippen molar-refractivity contribution in [3.8, 4) is 5.75 Å². The third-order valence-electron chi connectivity index (χ3n) is 2.40. The van der Waals surface area contributed by atoms with E-state index < -0.39 is 29.2 Å². The van der Waals surface area contributed by atoms with Crippen LogP contribution in [0, 0.1) is 0 Å². The van der Waals surface area contributed by atoms with Crippen molar-refractivity contribution in [2.45, 2.75) is 12.4 Å². The number of hydrogen-bond acceptors (Lipinski definition) is 1. The van der Waals surface area contributed by atoms with Crippen LogP contribution in [0.25, 0.3) is 0 Å². The van der Waals surface area contributed by atoms with Crippen LogP contribution in [0.4, 0.5) is 26.3 Å². The van der Waals surface area contributed by atoms with Crippen LogP contribution in [0.3, 0.4) is 0 Å². The largest absolute Gasteiger partial charge is 0.420 e. The molecule has 0 bridgehead atoms. The van der Waals surface area contributed by atoms with Gasteiger partial charge in [-0.3, -0.25) is 0 Å². The molecule has 0 aliphatic heterocycles. The molecule has 0 aliphatic carbocycles. The van der Waals surface area contributed by atoms with Crippen LogP contribution < -0.4 is 4.84 Å². The zero-order chi connectivity index (χ0) is 15.0. The molecule has 0 saturated carbocycles. The molecular weight excluding hydrogens is 288 g/mol. The SMILES string of the molecule is FC(F)(F)c1cccc(C(F)(F)F)c1On1cccc1. The van der Waals surface area contributed by atoms with Gasteiger partial charge in [0.2, 0.25) is 0 Å². The van der Waals surface area contributed by atoms with Crippen molar-refractivity contribution >= 4 is 0 Å². The minimum absolute atomic E-state index is 0.536. The monoisotopic (exact) mass is 295 g/mol. The van der Waals surface area contributed by atoms with Crippen molar-refractivity contribution in [1.82, 2.24) is 4.73 Å². The molecule has 0 saturated heterocycles. The van der Waals surface area contributed by atoms with Gasteiger partial charge < -0.3 is 4.84 Å². The van der Waals surface area contributed by atoms with E-state index in [0.717, 1.165) is 4.73 Å². The van der Waals surface area contributed by atoms with E-state index in [0.29, 0.717) is 18.2 Å². The smallest absolute Gasteiger partial charge is 0.375 e. The molecule has 8 heteroatoms. The fourth-order valence-corrected chi connectivity index (χ4v) is 1.57. The van der Waals surface area contributed by atoms with Crippen LogP contribution in [0.1, 0.15) is 11.1 Å². The first kappa shape index (κ1) is 14.3. The molecular formula is C12H7F6NO. The first-order valence-corrected chi connectivity index (χ1v) is 5.28. The number of rotatable bonds is 2. The summed E-state index contributed by atoms with van der Waals surface area (Å²) in [5.74, 6) is -1.27. The molecule has 0 unspecified atom stereocenters.